The molecule has 3 nitrogen and oxygen atoms in total. The van der Waals surface area contributed by atoms with Gasteiger partial charge in [-0.3, -0.25) is 4.98 Å². The second kappa shape index (κ2) is 5.49. The lowest BCUT2D eigenvalue weighted by Crippen LogP contribution is -2.00. The van der Waals surface area contributed by atoms with E-state index in [0.29, 0.717) is 23.1 Å². The molecule has 0 spiro atoms. The Morgan fingerprint density at radius 1 is 1.00 bits per heavy atom. The Morgan fingerprint density at radius 2 is 1.75 bits per heavy atom. The molecule has 0 unspecified atom stereocenters. The van der Waals surface area contributed by atoms with Crippen molar-refractivity contribution >= 4 is 22.5 Å². The van der Waals surface area contributed by atoms with E-state index >= 15 is 0 Å². The minimum absolute atomic E-state index is 0.327. The molecule has 3 aromatic rings. The Morgan fingerprint density at radius 3 is 2.60 bits per heavy atom. The van der Waals surface area contributed by atoms with Crippen molar-refractivity contribution < 1.29 is 4.74 Å². The SMILES string of the molecule is NCc1c(Cl)cccc1Oc1cccc2cccnc12. The summed E-state index contributed by atoms with van der Waals surface area (Å²) < 4.78 is 5.97. The van der Waals surface area contributed by atoms with Crippen molar-refractivity contribution in [2.75, 3.05) is 0 Å². The van der Waals surface area contributed by atoms with Crippen LogP contribution in [0.5, 0.6) is 11.5 Å². The monoisotopic (exact) mass is 284 g/mol. The summed E-state index contributed by atoms with van der Waals surface area (Å²) in [5.74, 6) is 1.36. The molecule has 0 amide bonds. The van der Waals surface area contributed by atoms with Crippen molar-refractivity contribution in [3.8, 4) is 11.5 Å². The Labute approximate surface area is 122 Å². The number of hydrogen-bond acceptors (Lipinski definition) is 3. The molecule has 20 heavy (non-hydrogen) atoms. The fourth-order valence-electron chi connectivity index (χ4n) is 2.11. The molecule has 2 N–H and O–H groups in total. The lowest BCUT2D eigenvalue weighted by atomic mass is 10.2. The van der Waals surface area contributed by atoms with E-state index in [1.54, 1.807) is 12.3 Å². The van der Waals surface area contributed by atoms with Gasteiger partial charge < -0.3 is 10.5 Å². The van der Waals surface area contributed by atoms with Crippen LogP contribution in [0.25, 0.3) is 10.9 Å². The Balaban J connectivity index is 2.08. The molecule has 0 saturated carbocycles. The van der Waals surface area contributed by atoms with Gasteiger partial charge in [0.2, 0.25) is 0 Å². The molecular weight excluding hydrogens is 272 g/mol. The molecule has 0 aliphatic rings. The number of pyridine rings is 1. The van der Waals surface area contributed by atoms with E-state index in [2.05, 4.69) is 4.98 Å². The highest BCUT2D eigenvalue weighted by atomic mass is 35.5. The number of hydrogen-bond donors (Lipinski definition) is 1. The predicted molar refractivity (Wildman–Crippen MR) is 81.2 cm³/mol. The Bertz CT molecular complexity index is 753. The van der Waals surface area contributed by atoms with Gasteiger partial charge in [-0.05, 0) is 24.3 Å². The third-order valence-electron chi connectivity index (χ3n) is 3.10. The average Bonchev–Trinajstić information content (AvgIpc) is 2.48. The number of para-hydroxylation sites is 1. The first-order chi connectivity index (χ1) is 9.79. The quantitative estimate of drug-likeness (QED) is 0.786. The topological polar surface area (TPSA) is 48.1 Å². The molecule has 2 aromatic carbocycles. The van der Waals surface area contributed by atoms with Gasteiger partial charge in [0, 0.05) is 28.7 Å². The molecule has 0 aliphatic carbocycles. The van der Waals surface area contributed by atoms with Crippen LogP contribution >= 0.6 is 11.6 Å². The van der Waals surface area contributed by atoms with Gasteiger partial charge in [0.25, 0.3) is 0 Å². The van der Waals surface area contributed by atoms with Crippen molar-refractivity contribution in [1.82, 2.24) is 4.98 Å². The van der Waals surface area contributed by atoms with Crippen molar-refractivity contribution in [3.63, 3.8) is 0 Å². The Hall–Kier alpha value is -2.10. The molecule has 0 bridgehead atoms. The Kier molecular flexibility index (Phi) is 3.54. The molecule has 0 atom stereocenters. The molecular formula is C16H13ClN2O. The third-order valence-corrected chi connectivity index (χ3v) is 3.45. The summed E-state index contributed by atoms with van der Waals surface area (Å²) in [6.45, 7) is 0.327. The zero-order chi connectivity index (χ0) is 13.9. The van der Waals surface area contributed by atoms with Crippen LogP contribution in [0.3, 0.4) is 0 Å². The average molecular weight is 285 g/mol. The summed E-state index contributed by atoms with van der Waals surface area (Å²) in [7, 11) is 0. The van der Waals surface area contributed by atoms with Crippen LogP contribution in [0, 0.1) is 0 Å². The van der Waals surface area contributed by atoms with Gasteiger partial charge in [0.15, 0.2) is 5.75 Å². The van der Waals surface area contributed by atoms with Crippen molar-refractivity contribution in [1.29, 1.82) is 0 Å². The zero-order valence-electron chi connectivity index (χ0n) is 10.7. The van der Waals surface area contributed by atoms with Crippen LogP contribution < -0.4 is 10.5 Å². The molecule has 0 saturated heterocycles. The lowest BCUT2D eigenvalue weighted by molar-refractivity contribution is 0.481. The van der Waals surface area contributed by atoms with Crippen LogP contribution in [0.15, 0.2) is 54.7 Å². The molecule has 4 heteroatoms. The minimum Gasteiger partial charge on any atom is -0.455 e. The van der Waals surface area contributed by atoms with E-state index in [9.17, 15) is 0 Å². The van der Waals surface area contributed by atoms with Crippen LogP contribution in [-0.4, -0.2) is 4.98 Å². The first kappa shape index (κ1) is 12.9. The highest BCUT2D eigenvalue weighted by Crippen LogP contribution is 2.33. The molecule has 0 radical (unpaired) electrons. The second-order valence-electron chi connectivity index (χ2n) is 4.35. The fraction of sp³-hybridized carbons (Fsp3) is 0.0625. The fourth-order valence-corrected chi connectivity index (χ4v) is 2.35. The van der Waals surface area contributed by atoms with Crippen molar-refractivity contribution in [2.45, 2.75) is 6.54 Å². The van der Waals surface area contributed by atoms with E-state index < -0.39 is 0 Å². The second-order valence-corrected chi connectivity index (χ2v) is 4.76. The highest BCUT2D eigenvalue weighted by Gasteiger charge is 2.09. The van der Waals surface area contributed by atoms with E-state index in [0.717, 1.165) is 16.5 Å². The maximum Gasteiger partial charge on any atom is 0.153 e. The molecule has 1 heterocycles. The standard InChI is InChI=1S/C16H13ClN2O/c17-13-6-2-7-14(12(13)10-18)20-15-8-1-4-11-5-3-9-19-16(11)15/h1-9H,10,18H2. The summed E-state index contributed by atoms with van der Waals surface area (Å²) >= 11 is 6.14. The largest absolute Gasteiger partial charge is 0.455 e. The van der Waals surface area contributed by atoms with Crippen LogP contribution in [0.2, 0.25) is 5.02 Å². The first-order valence-corrected chi connectivity index (χ1v) is 6.66. The number of ether oxygens (including phenoxy) is 1. The summed E-state index contributed by atoms with van der Waals surface area (Å²) in [5.41, 5.74) is 7.35. The van der Waals surface area contributed by atoms with E-state index in [1.165, 1.54) is 0 Å². The molecule has 1 aromatic heterocycles. The molecule has 0 aliphatic heterocycles. The number of nitrogens with two attached hydrogens (primary N) is 1. The van der Waals surface area contributed by atoms with Gasteiger partial charge in [0.05, 0.1) is 0 Å². The summed E-state index contributed by atoms with van der Waals surface area (Å²) in [6.07, 6.45) is 1.75. The van der Waals surface area contributed by atoms with Gasteiger partial charge in [-0.1, -0.05) is 35.9 Å². The molecule has 0 fully saturated rings. The van der Waals surface area contributed by atoms with Gasteiger partial charge in [-0.2, -0.15) is 0 Å². The number of aromatic nitrogens is 1. The molecule has 100 valence electrons. The normalized spacial score (nSPS) is 10.7. The van der Waals surface area contributed by atoms with Gasteiger partial charge in [0.1, 0.15) is 11.3 Å². The maximum absolute atomic E-state index is 6.14. The number of nitrogens with zero attached hydrogens (tertiary/aromatic N) is 1. The highest BCUT2D eigenvalue weighted by molar-refractivity contribution is 6.31. The van der Waals surface area contributed by atoms with Gasteiger partial charge in [-0.15, -0.1) is 0 Å². The minimum atomic E-state index is 0.327. The van der Waals surface area contributed by atoms with Crippen molar-refractivity contribution in [2.24, 2.45) is 5.73 Å². The van der Waals surface area contributed by atoms with Gasteiger partial charge in [-0.25, -0.2) is 0 Å². The number of fused-ring (bicyclic) bond motifs is 1. The summed E-state index contributed by atoms with van der Waals surface area (Å²) in [5, 5.41) is 1.64. The smallest absolute Gasteiger partial charge is 0.153 e. The summed E-state index contributed by atoms with van der Waals surface area (Å²) in [6, 6.07) is 15.2. The third kappa shape index (κ3) is 2.33. The van der Waals surface area contributed by atoms with E-state index in [-0.39, 0.29) is 0 Å². The van der Waals surface area contributed by atoms with Crippen LogP contribution in [-0.2, 0) is 6.54 Å². The number of rotatable bonds is 3. The van der Waals surface area contributed by atoms with Crippen LogP contribution in [0.1, 0.15) is 5.56 Å². The summed E-state index contributed by atoms with van der Waals surface area (Å²) in [4.78, 5) is 4.37. The first-order valence-electron chi connectivity index (χ1n) is 6.28. The molecule has 3 rings (SSSR count). The van der Waals surface area contributed by atoms with E-state index in [1.807, 2.05) is 42.5 Å². The van der Waals surface area contributed by atoms with E-state index in [4.69, 9.17) is 22.1 Å². The van der Waals surface area contributed by atoms with Gasteiger partial charge >= 0.3 is 0 Å². The number of benzene rings is 2. The van der Waals surface area contributed by atoms with Crippen LogP contribution in [0.4, 0.5) is 0 Å². The van der Waals surface area contributed by atoms with Crippen molar-refractivity contribution in [3.05, 3.63) is 65.3 Å². The maximum atomic E-state index is 6.14. The predicted octanol–water partition coefficient (Wildman–Crippen LogP) is 4.14. The number of halogens is 1. The lowest BCUT2D eigenvalue weighted by Gasteiger charge is -2.12. The zero-order valence-corrected chi connectivity index (χ0v) is 11.5.